The summed E-state index contributed by atoms with van der Waals surface area (Å²) < 4.78 is 13.5. The van der Waals surface area contributed by atoms with E-state index in [4.69, 9.17) is 0 Å². The minimum Gasteiger partial charge on any atom is -0.361 e. The molecule has 32 heavy (non-hydrogen) atoms. The highest BCUT2D eigenvalue weighted by Crippen LogP contribution is 2.40. The van der Waals surface area contributed by atoms with Gasteiger partial charge in [-0.2, -0.15) is 0 Å². The Morgan fingerprint density at radius 2 is 1.53 bits per heavy atom. The number of halogens is 1. The first-order valence-electron chi connectivity index (χ1n) is 10.5. The van der Waals surface area contributed by atoms with E-state index in [1.54, 1.807) is 0 Å². The number of hydrogen-bond donors (Lipinski definition) is 0. The molecule has 5 rings (SSSR count). The van der Waals surface area contributed by atoms with Crippen LogP contribution in [0.2, 0.25) is 0 Å². The molecule has 2 aliphatic rings. The number of carbonyl (C=O) groups excluding carboxylic acids is 2. The fourth-order valence-corrected chi connectivity index (χ4v) is 5.10. The number of carbonyl (C=O) groups is 2. The van der Waals surface area contributed by atoms with Crippen molar-refractivity contribution < 1.29 is 14.0 Å². The van der Waals surface area contributed by atoms with Gasteiger partial charge in [0.1, 0.15) is 16.4 Å². The lowest BCUT2D eigenvalue weighted by atomic mass is 9.99. The molecule has 0 spiro atoms. The molecule has 2 aliphatic heterocycles. The van der Waals surface area contributed by atoms with Gasteiger partial charge in [-0.15, -0.1) is 0 Å². The Kier molecular flexibility index (Phi) is 5.31. The molecule has 2 amide bonds. The van der Waals surface area contributed by atoms with Gasteiger partial charge in [0.15, 0.2) is 0 Å². The van der Waals surface area contributed by atoms with Crippen molar-refractivity contribution in [3.8, 4) is 0 Å². The summed E-state index contributed by atoms with van der Waals surface area (Å²) in [5.74, 6) is -1.15. The second kappa shape index (κ2) is 8.28. The van der Waals surface area contributed by atoms with Gasteiger partial charge in [-0.3, -0.25) is 9.59 Å². The largest absolute Gasteiger partial charge is 0.361 e. The number of hydrogen-bond acceptors (Lipinski definition) is 4. The maximum atomic E-state index is 13.6. The van der Waals surface area contributed by atoms with E-state index in [0.29, 0.717) is 29.4 Å². The van der Waals surface area contributed by atoms with Gasteiger partial charge in [0, 0.05) is 18.0 Å². The standard InChI is InChI=1S/C26H21FN2O2S/c1-17-6-12-22(13-7-17)32-24-23(28-15-14-18-4-2-3-5-19(18)16-28)25(30)29(26(24)31)21-10-8-20(27)9-11-21/h2-13H,14-16H2,1H3. The lowest BCUT2D eigenvalue weighted by molar-refractivity contribution is -0.121. The van der Waals surface area contributed by atoms with E-state index in [9.17, 15) is 14.0 Å². The van der Waals surface area contributed by atoms with Gasteiger partial charge in [0.25, 0.3) is 11.8 Å². The molecule has 0 N–H and O–H groups in total. The topological polar surface area (TPSA) is 40.6 Å². The molecule has 0 aromatic heterocycles. The minimum absolute atomic E-state index is 0.365. The van der Waals surface area contributed by atoms with E-state index in [1.807, 2.05) is 48.2 Å². The lowest BCUT2D eigenvalue weighted by Crippen LogP contribution is -2.37. The lowest BCUT2D eigenvalue weighted by Gasteiger charge is -2.31. The van der Waals surface area contributed by atoms with Crippen molar-refractivity contribution in [2.24, 2.45) is 0 Å². The molecule has 6 heteroatoms. The van der Waals surface area contributed by atoms with Gasteiger partial charge in [0.2, 0.25) is 0 Å². The van der Waals surface area contributed by atoms with Gasteiger partial charge in [-0.25, -0.2) is 9.29 Å². The maximum absolute atomic E-state index is 13.6. The zero-order valence-electron chi connectivity index (χ0n) is 17.5. The van der Waals surface area contributed by atoms with Crippen molar-refractivity contribution in [3.05, 3.63) is 106 Å². The van der Waals surface area contributed by atoms with Crippen LogP contribution in [0.4, 0.5) is 10.1 Å². The van der Waals surface area contributed by atoms with Crippen LogP contribution in [-0.2, 0) is 22.6 Å². The number of thioether (sulfide) groups is 1. The molecule has 0 bridgehead atoms. The van der Waals surface area contributed by atoms with Crippen LogP contribution in [0.15, 0.2) is 88.3 Å². The SMILES string of the molecule is Cc1ccc(SC2=C(N3CCc4ccccc4C3)C(=O)N(c3ccc(F)cc3)C2=O)cc1. The predicted octanol–water partition coefficient (Wildman–Crippen LogP) is 5.07. The van der Waals surface area contributed by atoms with Crippen molar-refractivity contribution >= 4 is 29.3 Å². The molecule has 0 saturated heterocycles. The molecule has 3 aromatic rings. The van der Waals surface area contributed by atoms with Crippen molar-refractivity contribution in [2.75, 3.05) is 11.4 Å². The minimum atomic E-state index is -0.414. The highest BCUT2D eigenvalue weighted by atomic mass is 32.2. The Bertz CT molecular complexity index is 1240. The molecule has 0 unspecified atom stereocenters. The Balaban J connectivity index is 1.55. The van der Waals surface area contributed by atoms with Gasteiger partial charge in [-0.05, 0) is 60.9 Å². The molecule has 3 aromatic carbocycles. The summed E-state index contributed by atoms with van der Waals surface area (Å²) in [5.41, 5.74) is 4.34. The first-order valence-corrected chi connectivity index (χ1v) is 11.3. The van der Waals surface area contributed by atoms with Crippen LogP contribution in [0.3, 0.4) is 0 Å². The molecule has 0 fully saturated rings. The van der Waals surface area contributed by atoms with E-state index in [0.717, 1.165) is 27.3 Å². The van der Waals surface area contributed by atoms with Crippen LogP contribution < -0.4 is 4.90 Å². The first kappa shape index (κ1) is 20.5. The summed E-state index contributed by atoms with van der Waals surface area (Å²) in [6.07, 6.45) is 0.806. The number of imide groups is 1. The summed E-state index contributed by atoms with van der Waals surface area (Å²) in [6.45, 7) is 3.23. The number of aryl methyl sites for hydroxylation is 1. The monoisotopic (exact) mass is 444 g/mol. The molecule has 2 heterocycles. The summed E-state index contributed by atoms with van der Waals surface area (Å²) in [6, 6.07) is 21.5. The fraction of sp³-hybridized carbons (Fsp3) is 0.154. The number of amides is 2. The van der Waals surface area contributed by atoms with Crippen LogP contribution in [0, 0.1) is 12.7 Å². The van der Waals surface area contributed by atoms with Gasteiger partial charge < -0.3 is 4.90 Å². The van der Waals surface area contributed by atoms with Gasteiger partial charge in [-0.1, -0.05) is 53.7 Å². The Labute approximate surface area is 190 Å². The highest BCUT2D eigenvalue weighted by molar-refractivity contribution is 8.04. The average Bonchev–Trinajstić information content (AvgIpc) is 3.05. The number of nitrogens with zero attached hydrogens (tertiary/aromatic N) is 2. The van der Waals surface area contributed by atoms with E-state index < -0.39 is 5.82 Å². The van der Waals surface area contributed by atoms with Crippen molar-refractivity contribution in [3.63, 3.8) is 0 Å². The molecule has 0 saturated carbocycles. The van der Waals surface area contributed by atoms with E-state index in [1.165, 1.54) is 41.6 Å². The van der Waals surface area contributed by atoms with E-state index in [-0.39, 0.29) is 11.8 Å². The summed E-state index contributed by atoms with van der Waals surface area (Å²) in [7, 11) is 0. The molecular formula is C26H21FN2O2S. The summed E-state index contributed by atoms with van der Waals surface area (Å²) in [4.78, 5) is 31.5. The van der Waals surface area contributed by atoms with Gasteiger partial charge in [0.05, 0.1) is 5.69 Å². The van der Waals surface area contributed by atoms with Crippen molar-refractivity contribution in [1.29, 1.82) is 0 Å². The van der Waals surface area contributed by atoms with Crippen LogP contribution in [0.1, 0.15) is 16.7 Å². The third kappa shape index (κ3) is 3.71. The fourth-order valence-electron chi connectivity index (χ4n) is 4.10. The molecule has 0 aliphatic carbocycles. The Morgan fingerprint density at radius 3 is 2.25 bits per heavy atom. The number of rotatable bonds is 4. The summed E-state index contributed by atoms with van der Waals surface area (Å²) in [5, 5.41) is 0. The predicted molar refractivity (Wildman–Crippen MR) is 124 cm³/mol. The highest BCUT2D eigenvalue weighted by Gasteiger charge is 2.43. The average molecular weight is 445 g/mol. The van der Waals surface area contributed by atoms with Crippen LogP contribution >= 0.6 is 11.8 Å². The normalized spacial score (nSPS) is 16.1. The van der Waals surface area contributed by atoms with Crippen LogP contribution in [0.5, 0.6) is 0 Å². The van der Waals surface area contributed by atoms with Crippen LogP contribution in [-0.4, -0.2) is 23.3 Å². The summed E-state index contributed by atoms with van der Waals surface area (Å²) >= 11 is 1.31. The molecule has 160 valence electrons. The van der Waals surface area contributed by atoms with Crippen LogP contribution in [0.25, 0.3) is 0 Å². The van der Waals surface area contributed by atoms with Crippen molar-refractivity contribution in [1.82, 2.24) is 4.90 Å². The Hall–Kier alpha value is -3.38. The third-order valence-corrected chi connectivity index (χ3v) is 6.87. The number of benzene rings is 3. The van der Waals surface area contributed by atoms with Crippen molar-refractivity contribution in [2.45, 2.75) is 24.8 Å². The molecule has 0 atom stereocenters. The second-order valence-electron chi connectivity index (χ2n) is 7.96. The zero-order chi connectivity index (χ0) is 22.2. The molecule has 4 nitrogen and oxygen atoms in total. The Morgan fingerprint density at radius 1 is 0.844 bits per heavy atom. The third-order valence-electron chi connectivity index (χ3n) is 5.79. The second-order valence-corrected chi connectivity index (χ2v) is 9.04. The maximum Gasteiger partial charge on any atom is 0.283 e. The smallest absolute Gasteiger partial charge is 0.283 e. The number of anilines is 1. The quantitative estimate of drug-likeness (QED) is 0.527. The van der Waals surface area contributed by atoms with E-state index in [2.05, 4.69) is 12.1 Å². The molecular weight excluding hydrogens is 423 g/mol. The van der Waals surface area contributed by atoms with E-state index >= 15 is 0 Å². The molecule has 0 radical (unpaired) electrons. The zero-order valence-corrected chi connectivity index (χ0v) is 18.4. The van der Waals surface area contributed by atoms with Gasteiger partial charge >= 0.3 is 0 Å². The first-order chi connectivity index (χ1) is 15.5. The number of fused-ring (bicyclic) bond motifs is 1.